The average molecular weight is 370 g/mol. The summed E-state index contributed by atoms with van der Waals surface area (Å²) in [5, 5.41) is 10.6. The van der Waals surface area contributed by atoms with E-state index in [9.17, 15) is 9.82 Å². The lowest BCUT2D eigenvalue weighted by molar-refractivity contribution is 0.0991. The molecule has 0 aromatic heterocycles. The van der Waals surface area contributed by atoms with Gasteiger partial charge in [-0.2, -0.15) is 0 Å². The van der Waals surface area contributed by atoms with Gasteiger partial charge in [-0.1, -0.05) is 29.8 Å². The van der Waals surface area contributed by atoms with Gasteiger partial charge < -0.3 is 14.6 Å². The second-order valence-electron chi connectivity index (χ2n) is 7.51. The molecule has 0 spiro atoms. The largest absolute Gasteiger partial charge is 0.492 e. The van der Waals surface area contributed by atoms with Gasteiger partial charge in [-0.25, -0.2) is 0 Å². The van der Waals surface area contributed by atoms with Crippen LogP contribution < -0.4 is 10.4 Å². The average Bonchev–Trinajstić information content (AvgIpc) is 2.74. The van der Waals surface area contributed by atoms with Crippen LogP contribution in [0.5, 0.6) is 0 Å². The first-order chi connectivity index (χ1) is 12.3. The van der Waals surface area contributed by atoms with Crippen molar-refractivity contribution >= 4 is 35.7 Å². The molecule has 1 N–H and O–H groups in total. The Morgan fingerprint density at radius 1 is 1.27 bits per heavy atom. The number of hydrogen-bond acceptors (Lipinski definition) is 4. The van der Waals surface area contributed by atoms with Crippen LogP contribution in [0.1, 0.15) is 41.8 Å². The van der Waals surface area contributed by atoms with Gasteiger partial charge in [0.05, 0.1) is 10.6 Å². The maximum atomic E-state index is 12.7. The number of anilines is 1. The summed E-state index contributed by atoms with van der Waals surface area (Å²) in [5.41, 5.74) is 3.62. The molecule has 2 heterocycles. The van der Waals surface area contributed by atoms with Gasteiger partial charge in [0.25, 0.3) is 0 Å². The summed E-state index contributed by atoms with van der Waals surface area (Å²) in [6, 6.07) is 11.4. The Balaban J connectivity index is 1.55. The van der Waals surface area contributed by atoms with Crippen LogP contribution in [0, 0.1) is 0 Å². The fourth-order valence-electron chi connectivity index (χ4n) is 3.66. The third-order valence-electron chi connectivity index (χ3n) is 5.28. The molecule has 0 unspecified atom stereocenters. The lowest BCUT2D eigenvalue weighted by Crippen LogP contribution is -2.36. The van der Waals surface area contributed by atoms with Gasteiger partial charge >= 0.3 is 7.12 Å². The van der Waals surface area contributed by atoms with Gasteiger partial charge in [0, 0.05) is 30.8 Å². The molecule has 2 aliphatic heterocycles. The molecule has 2 aromatic rings. The fraction of sp³-hybridized carbons (Fsp3) is 0.350. The summed E-state index contributed by atoms with van der Waals surface area (Å²) in [4.78, 5) is 15.0. The van der Waals surface area contributed by atoms with E-state index in [0.29, 0.717) is 10.6 Å². The fourth-order valence-corrected chi connectivity index (χ4v) is 3.94. The van der Waals surface area contributed by atoms with E-state index in [0.717, 1.165) is 35.4 Å². The summed E-state index contributed by atoms with van der Waals surface area (Å²) < 4.78 is 5.58. The summed E-state index contributed by atoms with van der Waals surface area (Å²) in [6.45, 7) is 5.93. The molecule has 0 bridgehead atoms. The van der Waals surface area contributed by atoms with E-state index < -0.39 is 12.7 Å². The molecule has 4 nitrogen and oxygen atoms in total. The van der Waals surface area contributed by atoms with Crippen LogP contribution in [0.25, 0.3) is 0 Å². The van der Waals surface area contributed by atoms with Crippen LogP contribution >= 0.6 is 11.6 Å². The quantitative estimate of drug-likeness (QED) is 0.665. The number of nitrogens with zero attached hydrogens (tertiary/aromatic N) is 1. The number of ketones is 1. The number of Topliss-reactive ketones (excluding diaryl/α,β-unsaturated/α-hetero) is 1. The monoisotopic (exact) mass is 369 g/mol. The van der Waals surface area contributed by atoms with Crippen molar-refractivity contribution in [3.63, 3.8) is 0 Å². The van der Waals surface area contributed by atoms with Crippen LogP contribution in [-0.2, 0) is 16.7 Å². The lowest BCUT2D eigenvalue weighted by Gasteiger charge is -2.33. The first kappa shape index (κ1) is 17.6. The third-order valence-corrected chi connectivity index (χ3v) is 5.59. The summed E-state index contributed by atoms with van der Waals surface area (Å²) in [6.07, 6.45) is 1.44. The molecule has 0 atom stereocenters. The molecule has 0 saturated carbocycles. The van der Waals surface area contributed by atoms with E-state index in [-0.39, 0.29) is 12.2 Å². The van der Waals surface area contributed by atoms with Crippen molar-refractivity contribution in [2.24, 2.45) is 0 Å². The van der Waals surface area contributed by atoms with E-state index in [4.69, 9.17) is 16.3 Å². The highest BCUT2D eigenvalue weighted by molar-refractivity contribution is 6.62. The first-order valence-electron chi connectivity index (χ1n) is 8.92. The van der Waals surface area contributed by atoms with Gasteiger partial charge in [0.2, 0.25) is 0 Å². The summed E-state index contributed by atoms with van der Waals surface area (Å²) in [5.74, 6) is -0.0298. The number of carbonyl (C=O) groups excluding carboxylic acids is 1. The minimum atomic E-state index is -0.950. The van der Waals surface area contributed by atoms with Crippen LogP contribution in [0.3, 0.4) is 0 Å². The highest BCUT2D eigenvalue weighted by atomic mass is 35.5. The van der Waals surface area contributed by atoms with E-state index in [1.165, 1.54) is 6.42 Å². The molecule has 134 valence electrons. The molecule has 2 aliphatic rings. The highest BCUT2D eigenvalue weighted by Gasteiger charge is 2.40. The van der Waals surface area contributed by atoms with Crippen LogP contribution in [0.15, 0.2) is 36.4 Å². The van der Waals surface area contributed by atoms with Crippen molar-refractivity contribution < 1.29 is 14.5 Å². The number of hydrogen-bond donors (Lipinski definition) is 1. The second-order valence-corrected chi connectivity index (χ2v) is 7.91. The van der Waals surface area contributed by atoms with E-state index in [1.807, 2.05) is 50.2 Å². The van der Waals surface area contributed by atoms with E-state index in [2.05, 4.69) is 4.90 Å². The molecule has 1 saturated heterocycles. The Hall–Kier alpha value is -1.82. The highest BCUT2D eigenvalue weighted by Crippen LogP contribution is 2.31. The van der Waals surface area contributed by atoms with Crippen molar-refractivity contribution in [1.82, 2.24) is 0 Å². The van der Waals surface area contributed by atoms with Gasteiger partial charge in [0.15, 0.2) is 5.78 Å². The predicted molar refractivity (Wildman–Crippen MR) is 104 cm³/mol. The van der Waals surface area contributed by atoms with Crippen molar-refractivity contribution in [1.29, 1.82) is 0 Å². The zero-order valence-corrected chi connectivity index (χ0v) is 15.7. The Kier molecular flexibility index (Phi) is 4.34. The summed E-state index contributed by atoms with van der Waals surface area (Å²) >= 11 is 6.36. The van der Waals surface area contributed by atoms with Gasteiger partial charge in [-0.05, 0) is 55.1 Å². The molecule has 4 rings (SSSR count). The Labute approximate surface area is 158 Å². The minimum Gasteiger partial charge on any atom is -0.423 e. The van der Waals surface area contributed by atoms with Crippen molar-refractivity contribution in [3.8, 4) is 0 Å². The number of carbonyl (C=O) groups is 1. The molecule has 2 aromatic carbocycles. The Morgan fingerprint density at radius 3 is 2.69 bits per heavy atom. The Bertz CT molecular complexity index is 879. The summed E-state index contributed by atoms with van der Waals surface area (Å²) in [7, 11) is -0.950. The zero-order valence-electron chi connectivity index (χ0n) is 15.0. The van der Waals surface area contributed by atoms with Crippen molar-refractivity contribution in [2.45, 2.75) is 32.3 Å². The van der Waals surface area contributed by atoms with Crippen molar-refractivity contribution in [3.05, 3.63) is 58.1 Å². The maximum absolute atomic E-state index is 12.7. The molecule has 0 aliphatic carbocycles. The predicted octanol–water partition coefficient (Wildman–Crippen LogP) is 2.93. The SMILES string of the molecule is CC1(C)OB(O)c2cc(CC(=O)c3ccc(N4CCC4)cc3Cl)ccc21. The smallest absolute Gasteiger partial charge is 0.423 e. The molecular weight excluding hydrogens is 348 g/mol. The van der Waals surface area contributed by atoms with E-state index >= 15 is 0 Å². The topological polar surface area (TPSA) is 49.8 Å². The van der Waals surface area contributed by atoms with Crippen LogP contribution in [-0.4, -0.2) is 31.0 Å². The van der Waals surface area contributed by atoms with Gasteiger partial charge in [0.1, 0.15) is 0 Å². The third kappa shape index (κ3) is 3.04. The molecule has 0 radical (unpaired) electrons. The van der Waals surface area contributed by atoms with E-state index in [1.54, 1.807) is 0 Å². The van der Waals surface area contributed by atoms with Gasteiger partial charge in [-0.15, -0.1) is 0 Å². The van der Waals surface area contributed by atoms with Gasteiger partial charge in [-0.3, -0.25) is 4.79 Å². The minimum absolute atomic E-state index is 0.0298. The number of benzene rings is 2. The Morgan fingerprint density at radius 2 is 2.04 bits per heavy atom. The zero-order chi connectivity index (χ0) is 18.5. The molecule has 0 amide bonds. The lowest BCUT2D eigenvalue weighted by atomic mass is 9.77. The number of halogens is 1. The first-order valence-corrected chi connectivity index (χ1v) is 9.30. The maximum Gasteiger partial charge on any atom is 0.492 e. The number of fused-ring (bicyclic) bond motifs is 1. The van der Waals surface area contributed by atoms with Crippen LogP contribution in [0.4, 0.5) is 5.69 Å². The molecular formula is C20H21BClNO3. The van der Waals surface area contributed by atoms with Crippen LogP contribution in [0.2, 0.25) is 5.02 Å². The standard InChI is InChI=1S/C20H21BClNO3/c1-20(2)16-7-4-13(10-17(16)21(25)26-20)11-19(24)15-6-5-14(12-18(15)22)23-8-3-9-23/h4-7,10,12,25H,3,8-9,11H2,1-2H3. The molecule has 6 heteroatoms. The number of rotatable bonds is 4. The molecule has 1 fully saturated rings. The second kappa shape index (κ2) is 6.41. The normalized spacial score (nSPS) is 17.8. The van der Waals surface area contributed by atoms with Crippen molar-refractivity contribution in [2.75, 3.05) is 18.0 Å². The molecule has 26 heavy (non-hydrogen) atoms.